The van der Waals surface area contributed by atoms with Crippen LogP contribution in [0, 0.1) is 6.92 Å². The molecule has 1 atom stereocenters. The normalized spacial score (nSPS) is 18.3. The zero-order valence-electron chi connectivity index (χ0n) is 12.3. The van der Waals surface area contributed by atoms with Gasteiger partial charge in [0, 0.05) is 25.0 Å². The van der Waals surface area contributed by atoms with Crippen LogP contribution < -0.4 is 4.74 Å². The van der Waals surface area contributed by atoms with E-state index >= 15 is 0 Å². The number of ether oxygens (including phenoxy) is 1. The molecule has 0 N–H and O–H groups in total. The highest BCUT2D eigenvalue weighted by atomic mass is 35.5. The molecule has 0 bridgehead atoms. The molecular weight excluding hydrogens is 320 g/mol. The number of amides is 1. The van der Waals surface area contributed by atoms with Gasteiger partial charge in [-0.25, -0.2) is 0 Å². The first-order chi connectivity index (χ1) is 10.6. The summed E-state index contributed by atoms with van der Waals surface area (Å²) in [7, 11) is 0. The zero-order valence-corrected chi connectivity index (χ0v) is 13.9. The number of aryl methyl sites for hydroxylation is 1. The average Bonchev–Trinajstić information content (AvgIpc) is 2.96. The van der Waals surface area contributed by atoms with Gasteiger partial charge in [-0.1, -0.05) is 11.6 Å². The molecule has 116 valence electrons. The van der Waals surface area contributed by atoms with Gasteiger partial charge in [0.15, 0.2) is 0 Å². The van der Waals surface area contributed by atoms with Crippen LogP contribution in [0.5, 0.6) is 5.75 Å². The van der Waals surface area contributed by atoms with E-state index in [1.54, 1.807) is 18.5 Å². The average molecular weight is 337 g/mol. The fraction of sp³-hybridized carbons (Fsp3) is 0.375. The molecule has 0 radical (unpaired) electrons. The van der Waals surface area contributed by atoms with Gasteiger partial charge in [0.05, 0.1) is 11.4 Å². The number of carbonyl (C=O) groups is 1. The minimum Gasteiger partial charge on any atom is -0.487 e. The van der Waals surface area contributed by atoms with Crippen molar-refractivity contribution in [2.24, 2.45) is 0 Å². The third-order valence-electron chi connectivity index (χ3n) is 3.64. The Morgan fingerprint density at radius 3 is 3.14 bits per heavy atom. The number of thiophene rings is 1. The van der Waals surface area contributed by atoms with E-state index in [2.05, 4.69) is 4.98 Å². The second-order valence-electron chi connectivity index (χ2n) is 5.43. The molecular formula is C16H17ClN2O2S. The topological polar surface area (TPSA) is 42.4 Å². The Labute approximate surface area is 138 Å². The minimum absolute atomic E-state index is 0.0290. The van der Waals surface area contributed by atoms with Gasteiger partial charge in [-0.05, 0) is 36.8 Å². The molecule has 1 aliphatic heterocycles. The molecule has 2 aromatic heterocycles. The van der Waals surface area contributed by atoms with Gasteiger partial charge >= 0.3 is 0 Å². The number of piperidine rings is 1. The monoisotopic (exact) mass is 336 g/mol. The predicted molar refractivity (Wildman–Crippen MR) is 87.9 cm³/mol. The Bertz CT molecular complexity index is 674. The Hall–Kier alpha value is -1.59. The lowest BCUT2D eigenvalue weighted by Gasteiger charge is -2.32. The quantitative estimate of drug-likeness (QED) is 0.856. The maximum atomic E-state index is 12.5. The van der Waals surface area contributed by atoms with Gasteiger partial charge in [0.2, 0.25) is 0 Å². The van der Waals surface area contributed by atoms with Crippen LogP contribution in [-0.4, -0.2) is 35.0 Å². The van der Waals surface area contributed by atoms with E-state index in [-0.39, 0.29) is 12.0 Å². The smallest absolute Gasteiger partial charge is 0.264 e. The van der Waals surface area contributed by atoms with Gasteiger partial charge in [-0.3, -0.25) is 9.78 Å². The molecule has 0 aliphatic carbocycles. The fourth-order valence-electron chi connectivity index (χ4n) is 2.56. The van der Waals surface area contributed by atoms with Crippen molar-refractivity contribution in [3.05, 3.63) is 45.4 Å². The van der Waals surface area contributed by atoms with Crippen molar-refractivity contribution in [2.75, 3.05) is 13.1 Å². The highest BCUT2D eigenvalue weighted by molar-refractivity contribution is 7.12. The molecule has 3 rings (SSSR count). The summed E-state index contributed by atoms with van der Waals surface area (Å²) < 4.78 is 5.95. The summed E-state index contributed by atoms with van der Waals surface area (Å²) in [6.45, 7) is 3.37. The van der Waals surface area contributed by atoms with E-state index in [1.807, 2.05) is 23.3 Å². The van der Waals surface area contributed by atoms with Crippen LogP contribution in [0.4, 0.5) is 0 Å². The Kier molecular flexibility index (Phi) is 4.64. The lowest BCUT2D eigenvalue weighted by molar-refractivity contribution is 0.0542. The van der Waals surface area contributed by atoms with Crippen LogP contribution in [0.1, 0.15) is 28.1 Å². The van der Waals surface area contributed by atoms with Crippen LogP contribution in [-0.2, 0) is 0 Å². The first-order valence-corrected chi connectivity index (χ1v) is 8.50. The number of nitrogens with zero attached hydrogens (tertiary/aromatic N) is 2. The number of aromatic nitrogens is 1. The van der Waals surface area contributed by atoms with E-state index in [1.165, 1.54) is 11.3 Å². The van der Waals surface area contributed by atoms with Crippen molar-refractivity contribution in [1.29, 1.82) is 0 Å². The molecule has 0 spiro atoms. The Morgan fingerprint density at radius 1 is 1.55 bits per heavy atom. The molecule has 2 aromatic rings. The predicted octanol–water partition coefficient (Wildman–Crippen LogP) is 3.79. The molecule has 0 aromatic carbocycles. The second kappa shape index (κ2) is 6.67. The van der Waals surface area contributed by atoms with Gasteiger partial charge in [-0.2, -0.15) is 0 Å². The maximum Gasteiger partial charge on any atom is 0.264 e. The van der Waals surface area contributed by atoms with E-state index in [0.717, 1.165) is 29.8 Å². The maximum absolute atomic E-state index is 12.5. The van der Waals surface area contributed by atoms with E-state index in [4.69, 9.17) is 16.3 Å². The van der Waals surface area contributed by atoms with Crippen LogP contribution in [0.3, 0.4) is 0 Å². The highest BCUT2D eigenvalue weighted by Crippen LogP contribution is 2.26. The highest BCUT2D eigenvalue weighted by Gasteiger charge is 2.26. The third-order valence-corrected chi connectivity index (χ3v) is 4.96. The molecule has 4 nitrogen and oxygen atoms in total. The number of hydrogen-bond acceptors (Lipinski definition) is 4. The van der Waals surface area contributed by atoms with Gasteiger partial charge in [-0.15, -0.1) is 11.3 Å². The van der Waals surface area contributed by atoms with Gasteiger partial charge in [0.25, 0.3) is 5.91 Å². The SMILES string of the molecule is Cc1csc(C(=O)N2CCC[C@H](Oc3ccncc3Cl)C2)c1. The summed E-state index contributed by atoms with van der Waals surface area (Å²) in [6, 6.07) is 3.70. The van der Waals surface area contributed by atoms with Crippen molar-refractivity contribution in [3.8, 4) is 5.75 Å². The largest absolute Gasteiger partial charge is 0.487 e. The molecule has 1 amide bonds. The number of pyridine rings is 1. The molecule has 6 heteroatoms. The summed E-state index contributed by atoms with van der Waals surface area (Å²) >= 11 is 7.57. The molecule has 3 heterocycles. The second-order valence-corrected chi connectivity index (χ2v) is 6.75. The van der Waals surface area contributed by atoms with Crippen molar-refractivity contribution in [2.45, 2.75) is 25.9 Å². The Morgan fingerprint density at radius 2 is 2.41 bits per heavy atom. The first-order valence-electron chi connectivity index (χ1n) is 7.24. The summed E-state index contributed by atoms with van der Waals surface area (Å²) in [5, 5.41) is 2.50. The molecule has 1 saturated heterocycles. The number of likely N-dealkylation sites (tertiary alicyclic amines) is 1. The summed E-state index contributed by atoms with van der Waals surface area (Å²) in [5.74, 6) is 0.718. The molecule has 1 fully saturated rings. The van der Waals surface area contributed by atoms with Crippen molar-refractivity contribution in [1.82, 2.24) is 9.88 Å². The summed E-state index contributed by atoms with van der Waals surface area (Å²) in [5.41, 5.74) is 1.13. The van der Waals surface area contributed by atoms with Crippen LogP contribution >= 0.6 is 22.9 Å². The number of carbonyl (C=O) groups excluding carboxylic acids is 1. The van der Waals surface area contributed by atoms with Crippen molar-refractivity contribution < 1.29 is 9.53 Å². The number of rotatable bonds is 3. The summed E-state index contributed by atoms with van der Waals surface area (Å²) in [6.07, 6.45) is 5.05. The molecule has 0 saturated carbocycles. The Balaban J connectivity index is 1.67. The van der Waals surface area contributed by atoms with Gasteiger partial charge < -0.3 is 9.64 Å². The van der Waals surface area contributed by atoms with E-state index < -0.39 is 0 Å². The van der Waals surface area contributed by atoms with Crippen molar-refractivity contribution in [3.63, 3.8) is 0 Å². The molecule has 1 aliphatic rings. The fourth-order valence-corrected chi connectivity index (χ4v) is 3.58. The minimum atomic E-state index is -0.0290. The third kappa shape index (κ3) is 3.42. The van der Waals surface area contributed by atoms with Crippen LogP contribution in [0.15, 0.2) is 29.9 Å². The summed E-state index contributed by atoms with van der Waals surface area (Å²) in [4.78, 5) is 19.1. The van der Waals surface area contributed by atoms with Crippen LogP contribution in [0.25, 0.3) is 0 Å². The first kappa shape index (κ1) is 15.3. The lowest BCUT2D eigenvalue weighted by atomic mass is 10.1. The van der Waals surface area contributed by atoms with Gasteiger partial charge in [0.1, 0.15) is 16.9 Å². The van der Waals surface area contributed by atoms with Crippen molar-refractivity contribution >= 4 is 28.8 Å². The zero-order chi connectivity index (χ0) is 15.5. The molecule has 22 heavy (non-hydrogen) atoms. The van der Waals surface area contributed by atoms with E-state index in [0.29, 0.717) is 17.3 Å². The number of halogens is 1. The lowest BCUT2D eigenvalue weighted by Crippen LogP contribution is -2.44. The number of hydrogen-bond donors (Lipinski definition) is 0. The standard InChI is InChI=1S/C16H17ClN2O2S/c1-11-7-15(22-10-11)16(20)19-6-2-3-12(9-19)21-14-4-5-18-8-13(14)17/h4-5,7-8,10,12H,2-3,6,9H2,1H3/t12-/m0/s1. The molecule has 0 unspecified atom stereocenters. The van der Waals surface area contributed by atoms with Crippen LogP contribution in [0.2, 0.25) is 5.02 Å². The van der Waals surface area contributed by atoms with E-state index in [9.17, 15) is 4.79 Å².